The van der Waals surface area contributed by atoms with E-state index in [0.29, 0.717) is 6.07 Å². The highest BCUT2D eigenvalue weighted by molar-refractivity contribution is 5.91. The first kappa shape index (κ1) is 15.3. The van der Waals surface area contributed by atoms with Crippen LogP contribution in [0.3, 0.4) is 0 Å². The van der Waals surface area contributed by atoms with Crippen LogP contribution in [-0.4, -0.2) is 13.1 Å². The molecule has 0 atom stereocenters. The Hall–Kier alpha value is -1.73. The molecule has 1 aromatic rings. The molecule has 19 heavy (non-hydrogen) atoms. The predicted octanol–water partition coefficient (Wildman–Crippen LogP) is 3.82. The van der Waals surface area contributed by atoms with Crippen molar-refractivity contribution >= 4 is 5.97 Å². The Morgan fingerprint density at radius 3 is 1.95 bits per heavy atom. The van der Waals surface area contributed by atoms with Crippen LogP contribution in [0.15, 0.2) is 12.1 Å². The van der Waals surface area contributed by atoms with Crippen molar-refractivity contribution in [2.24, 2.45) is 0 Å². The zero-order valence-corrected chi connectivity index (χ0v) is 9.74. The van der Waals surface area contributed by atoms with Gasteiger partial charge in [-0.3, -0.25) is 0 Å². The van der Waals surface area contributed by atoms with Crippen LogP contribution in [0.2, 0.25) is 0 Å². The third-order valence-corrected chi connectivity index (χ3v) is 2.46. The maximum atomic E-state index is 12.7. The van der Waals surface area contributed by atoms with Gasteiger partial charge in [0.2, 0.25) is 0 Å². The van der Waals surface area contributed by atoms with Gasteiger partial charge in [-0.2, -0.15) is 26.3 Å². The van der Waals surface area contributed by atoms with E-state index in [0.717, 1.165) is 14.0 Å². The molecular formula is C11H8F6O2. The number of ether oxygens (including phenoxy) is 1. The van der Waals surface area contributed by atoms with E-state index in [-0.39, 0.29) is 6.07 Å². The summed E-state index contributed by atoms with van der Waals surface area (Å²) in [7, 11) is 0.923. The van der Waals surface area contributed by atoms with Crippen LogP contribution in [0.1, 0.15) is 27.0 Å². The summed E-state index contributed by atoms with van der Waals surface area (Å²) in [5.41, 5.74) is -5.06. The molecule has 0 saturated carbocycles. The average molecular weight is 286 g/mol. The average Bonchev–Trinajstić information content (AvgIpc) is 2.24. The summed E-state index contributed by atoms with van der Waals surface area (Å²) in [6.07, 6.45) is -10.4. The van der Waals surface area contributed by atoms with Crippen LogP contribution in [-0.2, 0) is 17.1 Å². The van der Waals surface area contributed by atoms with E-state index in [1.54, 1.807) is 0 Å². The Morgan fingerprint density at radius 1 is 1.05 bits per heavy atom. The summed E-state index contributed by atoms with van der Waals surface area (Å²) < 4.78 is 80.1. The summed E-state index contributed by atoms with van der Waals surface area (Å²) in [5.74, 6) is -1.13. The Morgan fingerprint density at radius 2 is 1.58 bits per heavy atom. The van der Waals surface area contributed by atoms with E-state index in [2.05, 4.69) is 4.74 Å². The van der Waals surface area contributed by atoms with Gasteiger partial charge in [0, 0.05) is 0 Å². The minimum atomic E-state index is -5.22. The number of alkyl halides is 6. The third-order valence-electron chi connectivity index (χ3n) is 2.46. The summed E-state index contributed by atoms with van der Waals surface area (Å²) in [4.78, 5) is 11.2. The second-order valence-corrected chi connectivity index (χ2v) is 3.65. The van der Waals surface area contributed by atoms with E-state index in [1.807, 2.05) is 0 Å². The normalized spacial score (nSPS) is 12.4. The van der Waals surface area contributed by atoms with E-state index in [4.69, 9.17) is 0 Å². The van der Waals surface area contributed by atoms with Crippen molar-refractivity contribution in [3.8, 4) is 0 Å². The molecule has 0 aliphatic heterocycles. The Balaban J connectivity index is 3.65. The van der Waals surface area contributed by atoms with Crippen LogP contribution in [0, 0.1) is 6.92 Å². The second kappa shape index (κ2) is 4.75. The van der Waals surface area contributed by atoms with Gasteiger partial charge in [-0.15, -0.1) is 0 Å². The topological polar surface area (TPSA) is 26.3 Å². The first-order chi connectivity index (χ1) is 8.50. The van der Waals surface area contributed by atoms with Crippen molar-refractivity contribution in [3.63, 3.8) is 0 Å². The molecule has 0 aromatic heterocycles. The molecular weight excluding hydrogens is 278 g/mol. The molecule has 0 spiro atoms. The van der Waals surface area contributed by atoms with Crippen molar-refractivity contribution in [1.29, 1.82) is 0 Å². The Bertz CT molecular complexity index is 501. The van der Waals surface area contributed by atoms with Gasteiger partial charge in [0.1, 0.15) is 0 Å². The smallest absolute Gasteiger partial charge is 0.417 e. The van der Waals surface area contributed by atoms with E-state index < -0.39 is 40.6 Å². The van der Waals surface area contributed by atoms with Crippen molar-refractivity contribution in [3.05, 3.63) is 34.4 Å². The fourth-order valence-corrected chi connectivity index (χ4v) is 1.64. The largest absolute Gasteiger partial charge is 0.465 e. The van der Waals surface area contributed by atoms with Crippen molar-refractivity contribution in [1.82, 2.24) is 0 Å². The summed E-state index contributed by atoms with van der Waals surface area (Å²) in [6, 6.07) is 0.890. The SMILES string of the molecule is COC(=O)c1ccc(C(F)(F)F)c(C(F)(F)F)c1C. The van der Waals surface area contributed by atoms with Crippen LogP contribution in [0.5, 0.6) is 0 Å². The van der Waals surface area contributed by atoms with Gasteiger partial charge < -0.3 is 4.74 Å². The predicted molar refractivity (Wildman–Crippen MR) is 52.5 cm³/mol. The van der Waals surface area contributed by atoms with Crippen LogP contribution in [0.4, 0.5) is 26.3 Å². The number of rotatable bonds is 1. The summed E-state index contributed by atoms with van der Waals surface area (Å²) in [5, 5.41) is 0. The maximum Gasteiger partial charge on any atom is 0.417 e. The molecule has 0 heterocycles. The number of esters is 1. The zero-order valence-electron chi connectivity index (χ0n) is 9.74. The molecule has 1 aromatic carbocycles. The Labute approximate surface area is 104 Å². The van der Waals surface area contributed by atoms with Crippen molar-refractivity contribution in [2.75, 3.05) is 7.11 Å². The molecule has 0 aliphatic carbocycles. The summed E-state index contributed by atoms with van der Waals surface area (Å²) >= 11 is 0. The van der Waals surface area contributed by atoms with Gasteiger partial charge in [0.15, 0.2) is 0 Å². The lowest BCUT2D eigenvalue weighted by Crippen LogP contribution is -2.20. The standard InChI is InChI=1S/C11H8F6O2/c1-5-6(9(18)19-2)3-4-7(10(12,13)14)8(5)11(15,16)17/h3-4H,1-2H3. The lowest BCUT2D eigenvalue weighted by atomic mass is 9.96. The van der Waals surface area contributed by atoms with E-state index in [1.165, 1.54) is 0 Å². The summed E-state index contributed by atoms with van der Waals surface area (Å²) in [6.45, 7) is 0.796. The molecule has 0 N–H and O–H groups in total. The molecule has 8 heteroatoms. The molecule has 0 radical (unpaired) electrons. The molecule has 0 unspecified atom stereocenters. The molecule has 0 bridgehead atoms. The highest BCUT2D eigenvalue weighted by Gasteiger charge is 2.45. The fourth-order valence-electron chi connectivity index (χ4n) is 1.64. The van der Waals surface area contributed by atoms with Gasteiger partial charge in [-0.05, 0) is 24.6 Å². The number of hydrogen-bond acceptors (Lipinski definition) is 2. The number of halogens is 6. The van der Waals surface area contributed by atoms with Crippen LogP contribution >= 0.6 is 0 Å². The molecule has 106 valence electrons. The zero-order chi connectivity index (χ0) is 15.0. The van der Waals surface area contributed by atoms with Gasteiger partial charge in [-0.25, -0.2) is 4.79 Å². The van der Waals surface area contributed by atoms with Gasteiger partial charge >= 0.3 is 18.3 Å². The molecule has 0 fully saturated rings. The number of hydrogen-bond donors (Lipinski definition) is 0. The number of carbonyl (C=O) groups is 1. The fraction of sp³-hybridized carbons (Fsp3) is 0.364. The minimum Gasteiger partial charge on any atom is -0.465 e. The lowest BCUT2D eigenvalue weighted by Gasteiger charge is -2.19. The lowest BCUT2D eigenvalue weighted by molar-refractivity contribution is -0.162. The van der Waals surface area contributed by atoms with Crippen molar-refractivity contribution in [2.45, 2.75) is 19.3 Å². The highest BCUT2D eigenvalue weighted by Crippen LogP contribution is 2.42. The minimum absolute atomic E-state index is 0.224. The van der Waals surface area contributed by atoms with Gasteiger partial charge in [-0.1, -0.05) is 0 Å². The van der Waals surface area contributed by atoms with Crippen molar-refractivity contribution < 1.29 is 35.9 Å². The second-order valence-electron chi connectivity index (χ2n) is 3.65. The van der Waals surface area contributed by atoms with Gasteiger partial charge in [0.25, 0.3) is 0 Å². The molecule has 0 saturated heterocycles. The van der Waals surface area contributed by atoms with Crippen LogP contribution < -0.4 is 0 Å². The van der Waals surface area contributed by atoms with Crippen LogP contribution in [0.25, 0.3) is 0 Å². The number of benzene rings is 1. The number of methoxy groups -OCH3 is 1. The van der Waals surface area contributed by atoms with E-state index in [9.17, 15) is 31.1 Å². The Kier molecular flexibility index (Phi) is 3.83. The van der Waals surface area contributed by atoms with E-state index >= 15 is 0 Å². The maximum absolute atomic E-state index is 12.7. The quantitative estimate of drug-likeness (QED) is 0.579. The molecule has 1 rings (SSSR count). The third kappa shape index (κ3) is 2.99. The first-order valence-corrected chi connectivity index (χ1v) is 4.86. The molecule has 0 aliphatic rings. The number of carbonyl (C=O) groups excluding carboxylic acids is 1. The van der Waals surface area contributed by atoms with Gasteiger partial charge in [0.05, 0.1) is 23.8 Å². The molecule has 0 amide bonds. The highest BCUT2D eigenvalue weighted by atomic mass is 19.4. The monoisotopic (exact) mass is 286 g/mol. The first-order valence-electron chi connectivity index (χ1n) is 4.86. The molecule has 2 nitrogen and oxygen atoms in total.